The maximum atomic E-state index is 3.74. The van der Waals surface area contributed by atoms with Gasteiger partial charge in [0.05, 0.1) is 0 Å². The van der Waals surface area contributed by atoms with Crippen LogP contribution in [0.1, 0.15) is 59.3 Å². The van der Waals surface area contributed by atoms with Gasteiger partial charge in [-0.2, -0.15) is 0 Å². The fraction of sp³-hybridized carbons (Fsp3) is 0.714. The first-order chi connectivity index (χ1) is 6.70. The Balaban J connectivity index is 3.66. The predicted octanol–water partition coefficient (Wildman–Crippen LogP) is 5.12. The Morgan fingerprint density at radius 2 is 2.00 bits per heavy atom. The van der Waals surface area contributed by atoms with Crippen molar-refractivity contribution >= 4 is 0 Å². The molecule has 0 aliphatic heterocycles. The quantitative estimate of drug-likeness (QED) is 0.372. The van der Waals surface area contributed by atoms with E-state index in [1.807, 2.05) is 6.08 Å². The topological polar surface area (TPSA) is 0 Å². The summed E-state index contributed by atoms with van der Waals surface area (Å²) < 4.78 is 0. The number of hydrogen-bond donors (Lipinski definition) is 0. The second-order valence-corrected chi connectivity index (χ2v) is 4.37. The first kappa shape index (κ1) is 13.5. The van der Waals surface area contributed by atoms with Crippen molar-refractivity contribution < 1.29 is 0 Å². The lowest BCUT2D eigenvalue weighted by atomic mass is 10.0. The van der Waals surface area contributed by atoms with Crippen molar-refractivity contribution in [1.82, 2.24) is 0 Å². The summed E-state index contributed by atoms with van der Waals surface area (Å²) in [6.45, 7) is 10.6. The highest BCUT2D eigenvalue weighted by Crippen LogP contribution is 2.15. The van der Waals surface area contributed by atoms with Crippen LogP contribution in [0, 0.1) is 5.92 Å². The molecular weight excluding hydrogens is 168 g/mol. The van der Waals surface area contributed by atoms with Crippen molar-refractivity contribution in [3.63, 3.8) is 0 Å². The van der Waals surface area contributed by atoms with E-state index >= 15 is 0 Å². The van der Waals surface area contributed by atoms with E-state index in [0.29, 0.717) is 0 Å². The van der Waals surface area contributed by atoms with Gasteiger partial charge in [0.25, 0.3) is 0 Å². The van der Waals surface area contributed by atoms with Gasteiger partial charge in [0, 0.05) is 0 Å². The molecule has 0 aromatic carbocycles. The van der Waals surface area contributed by atoms with Gasteiger partial charge in [-0.3, -0.25) is 0 Å². The third-order valence-corrected chi connectivity index (χ3v) is 2.54. The van der Waals surface area contributed by atoms with Gasteiger partial charge in [-0.1, -0.05) is 44.9 Å². The zero-order chi connectivity index (χ0) is 10.8. The van der Waals surface area contributed by atoms with Crippen LogP contribution in [0.25, 0.3) is 0 Å². The molecule has 0 aliphatic rings. The molecule has 0 saturated carbocycles. The minimum atomic E-state index is 0.848. The second kappa shape index (κ2) is 9.05. The van der Waals surface area contributed by atoms with E-state index in [1.165, 1.54) is 32.1 Å². The molecule has 82 valence electrons. The Bertz CT molecular complexity index is 163. The van der Waals surface area contributed by atoms with E-state index in [-0.39, 0.29) is 0 Å². The smallest absolute Gasteiger partial charge is 0.0313 e. The van der Waals surface area contributed by atoms with Crippen LogP contribution in [-0.4, -0.2) is 0 Å². The van der Waals surface area contributed by atoms with E-state index in [9.17, 15) is 0 Å². The molecule has 0 aromatic heterocycles. The van der Waals surface area contributed by atoms with E-state index in [4.69, 9.17) is 0 Å². The summed E-state index contributed by atoms with van der Waals surface area (Å²) in [5.74, 6) is 0.848. The molecule has 0 heteroatoms. The number of hydrogen-bond acceptors (Lipinski definition) is 0. The van der Waals surface area contributed by atoms with E-state index in [1.54, 1.807) is 5.57 Å². The zero-order valence-corrected chi connectivity index (χ0v) is 10.2. The summed E-state index contributed by atoms with van der Waals surface area (Å²) in [6, 6.07) is 0. The van der Waals surface area contributed by atoms with Crippen LogP contribution in [0.2, 0.25) is 0 Å². The van der Waals surface area contributed by atoms with Crippen LogP contribution in [0.3, 0.4) is 0 Å². The molecule has 0 aromatic rings. The molecular formula is C14H26. The van der Waals surface area contributed by atoms with Crippen LogP contribution >= 0.6 is 0 Å². The first-order valence-corrected chi connectivity index (χ1v) is 5.99. The van der Waals surface area contributed by atoms with Crippen molar-refractivity contribution in [2.24, 2.45) is 5.92 Å². The van der Waals surface area contributed by atoms with Crippen molar-refractivity contribution in [3.8, 4) is 0 Å². The molecule has 0 heterocycles. The first-order valence-electron chi connectivity index (χ1n) is 5.99. The van der Waals surface area contributed by atoms with Crippen molar-refractivity contribution in [2.75, 3.05) is 0 Å². The monoisotopic (exact) mass is 194 g/mol. The molecule has 0 spiro atoms. The summed E-state index contributed by atoms with van der Waals surface area (Å²) in [4.78, 5) is 0. The molecule has 0 saturated heterocycles. The van der Waals surface area contributed by atoms with Crippen LogP contribution in [0.5, 0.6) is 0 Å². The third kappa shape index (κ3) is 8.10. The van der Waals surface area contributed by atoms with Crippen LogP contribution in [-0.2, 0) is 0 Å². The molecule has 0 bridgehead atoms. The molecule has 0 aliphatic carbocycles. The van der Waals surface area contributed by atoms with Crippen LogP contribution in [0.4, 0.5) is 0 Å². The largest absolute Gasteiger partial charge is 0.103 e. The standard InChI is InChI=1S/C14H26/c1-5-7-8-11-14(6-2)12-9-10-13(3)4/h5,11,13H,1,6-10,12H2,2-4H3. The summed E-state index contributed by atoms with van der Waals surface area (Å²) >= 11 is 0. The second-order valence-electron chi connectivity index (χ2n) is 4.37. The Hall–Kier alpha value is -0.520. The highest BCUT2D eigenvalue weighted by molar-refractivity contribution is 5.01. The lowest BCUT2D eigenvalue weighted by Crippen LogP contribution is -1.89. The zero-order valence-electron chi connectivity index (χ0n) is 10.2. The fourth-order valence-electron chi connectivity index (χ4n) is 1.57. The van der Waals surface area contributed by atoms with E-state index in [0.717, 1.165) is 12.3 Å². The summed E-state index contributed by atoms with van der Waals surface area (Å²) in [7, 11) is 0. The molecule has 0 radical (unpaired) electrons. The minimum absolute atomic E-state index is 0.848. The van der Waals surface area contributed by atoms with Gasteiger partial charge in [0.1, 0.15) is 0 Å². The highest BCUT2D eigenvalue weighted by Gasteiger charge is 1.97. The SMILES string of the molecule is C=CCCC=C(CC)CCCC(C)C. The number of unbranched alkanes of at least 4 members (excludes halogenated alkanes) is 1. The van der Waals surface area contributed by atoms with Crippen molar-refractivity contribution in [1.29, 1.82) is 0 Å². The molecule has 0 unspecified atom stereocenters. The van der Waals surface area contributed by atoms with Crippen molar-refractivity contribution in [3.05, 3.63) is 24.3 Å². The Morgan fingerprint density at radius 3 is 2.50 bits per heavy atom. The Kier molecular flexibility index (Phi) is 8.72. The van der Waals surface area contributed by atoms with Gasteiger partial charge in [-0.05, 0) is 38.0 Å². The van der Waals surface area contributed by atoms with E-state index < -0.39 is 0 Å². The van der Waals surface area contributed by atoms with E-state index in [2.05, 4.69) is 33.4 Å². The molecule has 0 fully saturated rings. The molecule has 0 rings (SSSR count). The van der Waals surface area contributed by atoms with Gasteiger partial charge in [0.2, 0.25) is 0 Å². The maximum Gasteiger partial charge on any atom is -0.0313 e. The summed E-state index contributed by atoms with van der Waals surface area (Å²) in [5, 5.41) is 0. The minimum Gasteiger partial charge on any atom is -0.103 e. The lowest BCUT2D eigenvalue weighted by Gasteiger charge is -2.06. The van der Waals surface area contributed by atoms with Gasteiger partial charge in [-0.25, -0.2) is 0 Å². The molecule has 14 heavy (non-hydrogen) atoms. The number of allylic oxidation sites excluding steroid dienone is 3. The average Bonchev–Trinajstić information content (AvgIpc) is 2.15. The molecule has 0 N–H and O–H groups in total. The van der Waals surface area contributed by atoms with Gasteiger partial charge in [0.15, 0.2) is 0 Å². The maximum absolute atomic E-state index is 3.74. The lowest BCUT2D eigenvalue weighted by molar-refractivity contribution is 0.551. The van der Waals surface area contributed by atoms with Crippen LogP contribution in [0.15, 0.2) is 24.3 Å². The molecule has 0 atom stereocenters. The molecule has 0 nitrogen and oxygen atoms in total. The van der Waals surface area contributed by atoms with Gasteiger partial charge in [-0.15, -0.1) is 6.58 Å². The van der Waals surface area contributed by atoms with Crippen molar-refractivity contribution in [2.45, 2.75) is 59.3 Å². The average molecular weight is 194 g/mol. The predicted molar refractivity (Wildman–Crippen MR) is 66.5 cm³/mol. The fourth-order valence-corrected chi connectivity index (χ4v) is 1.57. The summed E-state index contributed by atoms with van der Waals surface area (Å²) in [6.07, 6.45) is 11.9. The third-order valence-electron chi connectivity index (χ3n) is 2.54. The molecule has 0 amide bonds. The Labute approximate surface area is 90.1 Å². The highest BCUT2D eigenvalue weighted by atomic mass is 14.0. The number of rotatable bonds is 8. The van der Waals surface area contributed by atoms with Gasteiger partial charge < -0.3 is 0 Å². The Morgan fingerprint density at radius 1 is 1.29 bits per heavy atom. The normalized spacial score (nSPS) is 12.1. The van der Waals surface area contributed by atoms with Crippen LogP contribution < -0.4 is 0 Å². The van der Waals surface area contributed by atoms with Gasteiger partial charge >= 0.3 is 0 Å². The summed E-state index contributed by atoms with van der Waals surface area (Å²) in [5.41, 5.74) is 1.63.